The van der Waals surface area contributed by atoms with Gasteiger partial charge in [0.1, 0.15) is 11.3 Å². The number of benzene rings is 1. The summed E-state index contributed by atoms with van der Waals surface area (Å²) in [7, 11) is 1.44. The Bertz CT molecular complexity index is 491. The van der Waals surface area contributed by atoms with Gasteiger partial charge in [0, 0.05) is 6.61 Å². The summed E-state index contributed by atoms with van der Waals surface area (Å²) in [6.07, 6.45) is 7.03. The summed E-state index contributed by atoms with van der Waals surface area (Å²) in [4.78, 5) is 11.1. The van der Waals surface area contributed by atoms with Crippen LogP contribution in [0.1, 0.15) is 28.8 Å². The highest BCUT2D eigenvalue weighted by Gasteiger charge is 2.10. The van der Waals surface area contributed by atoms with Crippen molar-refractivity contribution in [3.05, 3.63) is 48.1 Å². The third kappa shape index (κ3) is 4.55. The molecule has 0 aliphatic heterocycles. The second-order valence-electron chi connectivity index (χ2n) is 4.48. The molecule has 2 N–H and O–H groups in total. The van der Waals surface area contributed by atoms with E-state index in [2.05, 4.69) is 6.58 Å². The fraction of sp³-hybridized carbons (Fsp3) is 0.312. The number of ether oxygens (including phenoxy) is 1. The Hall–Kier alpha value is -2.07. The molecule has 20 heavy (non-hydrogen) atoms. The summed E-state index contributed by atoms with van der Waals surface area (Å²) in [6, 6.07) is 5.00. The van der Waals surface area contributed by atoms with Crippen molar-refractivity contribution in [2.45, 2.75) is 12.8 Å². The first kappa shape index (κ1) is 16.0. The van der Waals surface area contributed by atoms with Crippen molar-refractivity contribution in [2.24, 2.45) is 5.92 Å². The molecular weight excluding hydrogens is 256 g/mol. The number of aliphatic hydroxyl groups excluding tert-OH is 1. The van der Waals surface area contributed by atoms with Crippen molar-refractivity contribution in [3.63, 3.8) is 0 Å². The van der Waals surface area contributed by atoms with E-state index in [0.717, 1.165) is 18.4 Å². The molecule has 0 aromatic heterocycles. The minimum atomic E-state index is -1.02. The van der Waals surface area contributed by atoms with Gasteiger partial charge < -0.3 is 14.9 Å². The third-order valence-electron chi connectivity index (χ3n) is 2.99. The molecule has 0 spiro atoms. The Labute approximate surface area is 119 Å². The molecule has 108 valence electrons. The number of carboxylic acid groups (broad SMARTS) is 1. The highest BCUT2D eigenvalue weighted by atomic mass is 16.5. The predicted octanol–water partition coefficient (Wildman–Crippen LogP) is 2.98. The van der Waals surface area contributed by atoms with Crippen LogP contribution < -0.4 is 4.74 Å². The monoisotopic (exact) mass is 276 g/mol. The van der Waals surface area contributed by atoms with Gasteiger partial charge in [-0.3, -0.25) is 0 Å². The van der Waals surface area contributed by atoms with E-state index >= 15 is 0 Å². The van der Waals surface area contributed by atoms with E-state index in [-0.39, 0.29) is 18.1 Å². The maximum atomic E-state index is 11.1. The molecule has 0 aliphatic carbocycles. The van der Waals surface area contributed by atoms with Crippen LogP contribution in [-0.4, -0.2) is 29.9 Å². The van der Waals surface area contributed by atoms with Crippen LogP contribution in [0.3, 0.4) is 0 Å². The number of aromatic carboxylic acids is 1. The topological polar surface area (TPSA) is 66.8 Å². The van der Waals surface area contributed by atoms with Crippen LogP contribution in [0.5, 0.6) is 5.75 Å². The molecule has 0 bridgehead atoms. The number of allylic oxidation sites excluding steroid dienone is 2. The molecule has 4 heteroatoms. The molecule has 1 aromatic rings. The minimum Gasteiger partial charge on any atom is -0.496 e. The lowest BCUT2D eigenvalue weighted by Crippen LogP contribution is -2.03. The lowest BCUT2D eigenvalue weighted by atomic mass is 10.0. The summed E-state index contributed by atoms with van der Waals surface area (Å²) < 4.78 is 5.00. The van der Waals surface area contributed by atoms with Gasteiger partial charge in [0.15, 0.2) is 0 Å². The van der Waals surface area contributed by atoms with Crippen LogP contribution in [0.2, 0.25) is 0 Å². The van der Waals surface area contributed by atoms with E-state index in [0.29, 0.717) is 5.75 Å². The van der Waals surface area contributed by atoms with Gasteiger partial charge in [-0.15, -0.1) is 6.58 Å². The van der Waals surface area contributed by atoms with Crippen molar-refractivity contribution in [3.8, 4) is 5.75 Å². The van der Waals surface area contributed by atoms with E-state index < -0.39 is 5.97 Å². The Morgan fingerprint density at radius 3 is 2.75 bits per heavy atom. The molecule has 1 rings (SSSR count). The molecule has 4 nitrogen and oxygen atoms in total. The summed E-state index contributed by atoms with van der Waals surface area (Å²) >= 11 is 0. The summed E-state index contributed by atoms with van der Waals surface area (Å²) in [5.41, 5.74) is 0.929. The first-order valence-electron chi connectivity index (χ1n) is 6.42. The Kier molecular flexibility index (Phi) is 6.53. The zero-order valence-corrected chi connectivity index (χ0v) is 11.6. The molecule has 0 radical (unpaired) electrons. The molecule has 0 fully saturated rings. The van der Waals surface area contributed by atoms with E-state index in [4.69, 9.17) is 14.9 Å². The molecule has 1 aromatic carbocycles. The molecule has 1 unspecified atom stereocenters. The first-order valence-corrected chi connectivity index (χ1v) is 6.42. The molecule has 0 saturated carbocycles. The van der Waals surface area contributed by atoms with Crippen LogP contribution in [0.25, 0.3) is 6.08 Å². The van der Waals surface area contributed by atoms with Gasteiger partial charge in [-0.25, -0.2) is 4.79 Å². The summed E-state index contributed by atoms with van der Waals surface area (Å²) in [5.74, 6) is -0.521. The third-order valence-corrected chi connectivity index (χ3v) is 2.99. The van der Waals surface area contributed by atoms with Crippen LogP contribution >= 0.6 is 0 Å². The molecule has 0 saturated heterocycles. The first-order chi connectivity index (χ1) is 9.62. The maximum absolute atomic E-state index is 11.1. The zero-order valence-electron chi connectivity index (χ0n) is 11.6. The Morgan fingerprint density at radius 2 is 2.20 bits per heavy atom. The van der Waals surface area contributed by atoms with Gasteiger partial charge in [-0.05, 0) is 36.5 Å². The van der Waals surface area contributed by atoms with Crippen LogP contribution in [-0.2, 0) is 0 Å². The van der Waals surface area contributed by atoms with E-state index in [1.54, 1.807) is 24.3 Å². The number of methoxy groups -OCH3 is 1. The second-order valence-corrected chi connectivity index (χ2v) is 4.48. The number of carboxylic acids is 1. The van der Waals surface area contributed by atoms with Crippen molar-refractivity contribution < 1.29 is 19.7 Å². The van der Waals surface area contributed by atoms with Crippen molar-refractivity contribution >= 4 is 12.0 Å². The molecule has 0 amide bonds. The van der Waals surface area contributed by atoms with Gasteiger partial charge >= 0.3 is 5.97 Å². The lowest BCUT2D eigenvalue weighted by molar-refractivity contribution is 0.0693. The smallest absolute Gasteiger partial charge is 0.339 e. The van der Waals surface area contributed by atoms with E-state index in [1.807, 2.05) is 12.2 Å². The van der Waals surface area contributed by atoms with Crippen LogP contribution in [0.15, 0.2) is 36.9 Å². The molecule has 0 aliphatic rings. The van der Waals surface area contributed by atoms with E-state index in [9.17, 15) is 4.79 Å². The largest absolute Gasteiger partial charge is 0.496 e. The number of carbonyl (C=O) groups is 1. The Balaban J connectivity index is 2.79. The normalized spacial score (nSPS) is 12.3. The highest BCUT2D eigenvalue weighted by molar-refractivity contribution is 5.91. The summed E-state index contributed by atoms with van der Waals surface area (Å²) in [6.45, 7) is 3.76. The highest BCUT2D eigenvalue weighted by Crippen LogP contribution is 2.21. The van der Waals surface area contributed by atoms with Gasteiger partial charge in [0.25, 0.3) is 0 Å². The van der Waals surface area contributed by atoms with Gasteiger partial charge in [-0.2, -0.15) is 0 Å². The average molecular weight is 276 g/mol. The fourth-order valence-electron chi connectivity index (χ4n) is 1.87. The number of hydrogen-bond acceptors (Lipinski definition) is 3. The van der Waals surface area contributed by atoms with Crippen LogP contribution in [0.4, 0.5) is 0 Å². The molecule has 1 atom stereocenters. The Morgan fingerprint density at radius 1 is 1.45 bits per heavy atom. The fourth-order valence-corrected chi connectivity index (χ4v) is 1.87. The van der Waals surface area contributed by atoms with Gasteiger partial charge in [0.2, 0.25) is 0 Å². The van der Waals surface area contributed by atoms with E-state index in [1.165, 1.54) is 7.11 Å². The van der Waals surface area contributed by atoms with Crippen LogP contribution in [0, 0.1) is 5.92 Å². The standard InChI is InChI=1S/C16H20O4/c1-3-5-13(11-17)7-4-6-12-8-9-15(20-2)14(10-12)16(18)19/h3-4,6,8-10,13,17H,1,5,7,11H2,2H3,(H,18,19)/b6-4+. The average Bonchev–Trinajstić information content (AvgIpc) is 2.46. The minimum absolute atomic E-state index is 0.110. The quantitative estimate of drug-likeness (QED) is 0.716. The number of rotatable bonds is 8. The molecular formula is C16H20O4. The second kappa shape index (κ2) is 8.17. The zero-order chi connectivity index (χ0) is 15.0. The summed E-state index contributed by atoms with van der Waals surface area (Å²) in [5, 5.41) is 18.3. The maximum Gasteiger partial charge on any atom is 0.339 e. The number of aliphatic hydroxyl groups is 1. The van der Waals surface area contributed by atoms with Crippen molar-refractivity contribution in [2.75, 3.05) is 13.7 Å². The van der Waals surface area contributed by atoms with Crippen molar-refractivity contribution in [1.82, 2.24) is 0 Å². The van der Waals surface area contributed by atoms with Crippen molar-refractivity contribution in [1.29, 1.82) is 0 Å². The lowest BCUT2D eigenvalue weighted by Gasteiger charge is -2.08. The van der Waals surface area contributed by atoms with Gasteiger partial charge in [0.05, 0.1) is 7.11 Å². The molecule has 0 heterocycles. The SMILES string of the molecule is C=CCC(CO)C/C=C/c1ccc(OC)c(C(=O)O)c1. The predicted molar refractivity (Wildman–Crippen MR) is 79.0 cm³/mol. The van der Waals surface area contributed by atoms with Gasteiger partial charge in [-0.1, -0.05) is 24.3 Å². The number of hydrogen-bond donors (Lipinski definition) is 2.